The van der Waals surface area contributed by atoms with Gasteiger partial charge in [-0.05, 0) is 87.0 Å². The summed E-state index contributed by atoms with van der Waals surface area (Å²) in [5.74, 6) is 2.12. The van der Waals surface area contributed by atoms with Crippen molar-refractivity contribution < 1.29 is 14.3 Å². The van der Waals surface area contributed by atoms with Crippen LogP contribution in [-0.4, -0.2) is 45.7 Å². The highest BCUT2D eigenvalue weighted by Crippen LogP contribution is 2.55. The number of piperidine rings is 1. The molecule has 4 bridgehead atoms. The van der Waals surface area contributed by atoms with Gasteiger partial charge in [0, 0.05) is 30.7 Å². The van der Waals surface area contributed by atoms with E-state index < -0.39 is 5.60 Å². The molecule has 4 aliphatic carbocycles. The van der Waals surface area contributed by atoms with Crippen LogP contribution in [0.3, 0.4) is 0 Å². The van der Waals surface area contributed by atoms with Gasteiger partial charge < -0.3 is 15.3 Å². The minimum Gasteiger partial charge on any atom is -0.390 e. The van der Waals surface area contributed by atoms with Crippen molar-refractivity contribution in [3.8, 4) is 0 Å². The van der Waals surface area contributed by atoms with Gasteiger partial charge in [-0.15, -0.1) is 0 Å². The van der Waals surface area contributed by atoms with Crippen molar-refractivity contribution in [2.75, 3.05) is 18.0 Å². The molecule has 6 nitrogen and oxygen atoms in total. The second-order valence-electron chi connectivity index (χ2n) is 10.7. The summed E-state index contributed by atoms with van der Waals surface area (Å²) in [6.07, 6.45) is 7.95. The number of rotatable bonds is 4. The molecule has 2 N–H and O–H groups in total. The summed E-state index contributed by atoms with van der Waals surface area (Å²) >= 11 is 0. The molecule has 2 unspecified atom stereocenters. The minimum atomic E-state index is -0.495. The summed E-state index contributed by atoms with van der Waals surface area (Å²) in [5.41, 5.74) is 0.908. The van der Waals surface area contributed by atoms with E-state index in [0.717, 1.165) is 69.5 Å². The highest BCUT2D eigenvalue weighted by Gasteiger charge is 2.55. The molecule has 33 heavy (non-hydrogen) atoms. The Labute approximate surface area is 193 Å². The van der Waals surface area contributed by atoms with Gasteiger partial charge in [-0.25, -0.2) is 9.37 Å². The van der Waals surface area contributed by atoms with E-state index in [1.54, 1.807) is 12.1 Å². The molecule has 0 spiro atoms. The molecule has 1 aliphatic heterocycles. The van der Waals surface area contributed by atoms with Crippen LogP contribution in [0.1, 0.15) is 67.0 Å². The van der Waals surface area contributed by atoms with Crippen molar-refractivity contribution in [1.82, 2.24) is 15.3 Å². The Balaban J connectivity index is 1.10. The highest BCUT2D eigenvalue weighted by molar-refractivity contribution is 5.93. The second-order valence-corrected chi connectivity index (χ2v) is 10.7. The number of nitrogens with one attached hydrogen (secondary N) is 1. The zero-order valence-corrected chi connectivity index (χ0v) is 18.8. The first-order valence-corrected chi connectivity index (χ1v) is 12.3. The van der Waals surface area contributed by atoms with Crippen molar-refractivity contribution in [2.24, 2.45) is 17.8 Å². The molecule has 7 rings (SSSR count). The molecule has 4 saturated carbocycles. The first-order valence-electron chi connectivity index (χ1n) is 12.3. The fourth-order valence-corrected chi connectivity index (χ4v) is 7.20. The van der Waals surface area contributed by atoms with Crippen LogP contribution in [0.25, 0.3) is 0 Å². The second kappa shape index (κ2) is 8.05. The van der Waals surface area contributed by atoms with E-state index >= 15 is 0 Å². The molecule has 174 valence electrons. The number of pyridine rings is 2. The lowest BCUT2D eigenvalue weighted by Gasteiger charge is -2.58. The Kier molecular flexibility index (Phi) is 5.13. The third kappa shape index (κ3) is 4.01. The molecular formula is C26H31FN4O2. The fourth-order valence-electron chi connectivity index (χ4n) is 7.20. The number of nitrogens with zero attached hydrogens (tertiary/aromatic N) is 3. The summed E-state index contributed by atoms with van der Waals surface area (Å²) in [5, 5.41) is 14.1. The third-order valence-electron chi connectivity index (χ3n) is 8.49. The summed E-state index contributed by atoms with van der Waals surface area (Å²) in [6, 6.07) is 9.07. The molecule has 2 aromatic rings. The highest BCUT2D eigenvalue weighted by atomic mass is 19.1. The fraction of sp³-hybridized carbons (Fsp3) is 0.577. The molecule has 5 fully saturated rings. The lowest BCUT2D eigenvalue weighted by molar-refractivity contribution is -0.136. The smallest absolute Gasteiger partial charge is 0.270 e. The Morgan fingerprint density at radius 1 is 1.09 bits per heavy atom. The third-order valence-corrected chi connectivity index (χ3v) is 8.49. The number of hydrogen-bond donors (Lipinski definition) is 2. The van der Waals surface area contributed by atoms with Crippen molar-refractivity contribution in [3.05, 3.63) is 53.7 Å². The summed E-state index contributed by atoms with van der Waals surface area (Å²) < 4.78 is 13.2. The molecular weight excluding hydrogens is 419 g/mol. The Hall–Kier alpha value is -2.54. The Morgan fingerprint density at radius 3 is 2.52 bits per heavy atom. The average molecular weight is 451 g/mol. The summed E-state index contributed by atoms with van der Waals surface area (Å²) in [6.45, 7) is 1.66. The standard InChI is InChI=1S/C26H31FN4O2/c27-20-4-5-21(28-15-20)17-6-8-31(9-7-17)23-3-1-2-22(29-23)25(32)30-24-18-10-16-11-19(24)14-26(33,12-16)13-18/h1-5,15-19,24,33H,6-14H2,(H,30,32)/t16?,18?,19?,24-,26-. The van der Waals surface area contributed by atoms with Crippen LogP contribution < -0.4 is 10.2 Å². The number of hydrogen-bond acceptors (Lipinski definition) is 5. The van der Waals surface area contributed by atoms with Gasteiger partial charge in [-0.1, -0.05) is 6.07 Å². The van der Waals surface area contributed by atoms with E-state index in [9.17, 15) is 14.3 Å². The van der Waals surface area contributed by atoms with E-state index in [2.05, 4.69) is 15.2 Å². The molecule has 0 aromatic carbocycles. The van der Waals surface area contributed by atoms with Crippen molar-refractivity contribution in [2.45, 2.75) is 62.5 Å². The number of amides is 1. The van der Waals surface area contributed by atoms with Gasteiger partial charge in [0.2, 0.25) is 0 Å². The van der Waals surface area contributed by atoms with E-state index in [1.807, 2.05) is 12.1 Å². The molecule has 2 atom stereocenters. The van der Waals surface area contributed by atoms with Crippen LogP contribution in [0.15, 0.2) is 36.5 Å². The quantitative estimate of drug-likeness (QED) is 0.743. The Morgan fingerprint density at radius 2 is 1.85 bits per heavy atom. The van der Waals surface area contributed by atoms with Gasteiger partial charge in [0.15, 0.2) is 0 Å². The zero-order valence-electron chi connectivity index (χ0n) is 18.8. The van der Waals surface area contributed by atoms with Gasteiger partial charge in [-0.2, -0.15) is 0 Å². The van der Waals surface area contributed by atoms with E-state index in [1.165, 1.54) is 12.3 Å². The normalized spacial score (nSPS) is 33.3. The van der Waals surface area contributed by atoms with Crippen molar-refractivity contribution in [3.63, 3.8) is 0 Å². The maximum atomic E-state index is 13.2. The minimum absolute atomic E-state index is 0.105. The van der Waals surface area contributed by atoms with Crippen LogP contribution in [-0.2, 0) is 0 Å². The van der Waals surface area contributed by atoms with Crippen LogP contribution in [0.5, 0.6) is 0 Å². The molecule has 7 heteroatoms. The zero-order chi connectivity index (χ0) is 22.6. The first kappa shape index (κ1) is 21.0. The van der Waals surface area contributed by atoms with Gasteiger partial charge in [0.05, 0.1) is 11.8 Å². The van der Waals surface area contributed by atoms with Crippen LogP contribution in [0.2, 0.25) is 0 Å². The SMILES string of the molecule is O=C(N[C@H]1C2CC3CC1C[C@](O)(C3)C2)c1cccc(N2CCC(c3ccc(F)cn3)CC2)n1. The monoisotopic (exact) mass is 450 g/mol. The lowest BCUT2D eigenvalue weighted by Crippen LogP contribution is -2.61. The van der Waals surface area contributed by atoms with Gasteiger partial charge in [0.1, 0.15) is 17.3 Å². The topological polar surface area (TPSA) is 78.4 Å². The number of aromatic nitrogens is 2. The van der Waals surface area contributed by atoms with E-state index in [0.29, 0.717) is 29.4 Å². The Bertz CT molecular complexity index is 1020. The molecule has 5 aliphatic rings. The van der Waals surface area contributed by atoms with Gasteiger partial charge in [-0.3, -0.25) is 9.78 Å². The largest absolute Gasteiger partial charge is 0.390 e. The average Bonchev–Trinajstić information content (AvgIpc) is 2.81. The van der Waals surface area contributed by atoms with E-state index in [-0.39, 0.29) is 17.8 Å². The van der Waals surface area contributed by atoms with Gasteiger partial charge >= 0.3 is 0 Å². The van der Waals surface area contributed by atoms with Gasteiger partial charge in [0.25, 0.3) is 5.91 Å². The van der Waals surface area contributed by atoms with E-state index in [4.69, 9.17) is 4.98 Å². The summed E-state index contributed by atoms with van der Waals surface area (Å²) in [7, 11) is 0. The number of halogens is 1. The number of aliphatic hydroxyl groups is 1. The van der Waals surface area contributed by atoms with Crippen LogP contribution in [0.4, 0.5) is 10.2 Å². The van der Waals surface area contributed by atoms with Crippen LogP contribution in [0, 0.1) is 23.6 Å². The summed E-state index contributed by atoms with van der Waals surface area (Å²) in [4.78, 5) is 24.3. The number of carbonyl (C=O) groups is 1. The predicted octanol–water partition coefficient (Wildman–Crippen LogP) is 3.67. The molecule has 1 saturated heterocycles. The maximum absolute atomic E-state index is 13.2. The lowest BCUT2D eigenvalue weighted by atomic mass is 9.52. The van der Waals surface area contributed by atoms with Crippen molar-refractivity contribution in [1.29, 1.82) is 0 Å². The predicted molar refractivity (Wildman–Crippen MR) is 122 cm³/mol. The molecule has 1 amide bonds. The molecule has 3 heterocycles. The number of anilines is 1. The molecule has 0 radical (unpaired) electrons. The van der Waals surface area contributed by atoms with Crippen LogP contribution >= 0.6 is 0 Å². The first-order chi connectivity index (χ1) is 16.0. The molecule has 2 aromatic heterocycles. The van der Waals surface area contributed by atoms with Crippen molar-refractivity contribution >= 4 is 11.7 Å². The number of carbonyl (C=O) groups excluding carboxylic acids is 1. The maximum Gasteiger partial charge on any atom is 0.270 e.